The van der Waals surface area contributed by atoms with Crippen molar-refractivity contribution in [2.24, 2.45) is 0 Å². The quantitative estimate of drug-likeness (QED) is 0.218. The van der Waals surface area contributed by atoms with E-state index in [-0.39, 0.29) is 0 Å². The highest BCUT2D eigenvalue weighted by Gasteiger charge is 2.19. The summed E-state index contributed by atoms with van der Waals surface area (Å²) in [4.78, 5) is 10.5. The SMILES string of the molecule is c1ccc(-c2ccc(-c3nc(-n4c5ccccc5c5cc6sc7ccccc7c6cc54)nc4ccccc34)cc2)cc1. The molecular weight excluding hydrogens is 531 g/mol. The van der Waals surface area contributed by atoms with E-state index in [1.165, 1.54) is 42.1 Å². The van der Waals surface area contributed by atoms with Gasteiger partial charge < -0.3 is 0 Å². The molecule has 0 saturated carbocycles. The van der Waals surface area contributed by atoms with Crippen LogP contribution in [0.2, 0.25) is 0 Å². The van der Waals surface area contributed by atoms with Gasteiger partial charge in [0.05, 0.1) is 22.2 Å². The summed E-state index contributed by atoms with van der Waals surface area (Å²) in [6.45, 7) is 0. The Hall–Kier alpha value is -5.32. The summed E-state index contributed by atoms with van der Waals surface area (Å²) in [5, 5.41) is 6.02. The number of nitrogens with zero attached hydrogens (tertiary/aromatic N) is 3. The lowest BCUT2D eigenvalue weighted by atomic mass is 10.0. The van der Waals surface area contributed by atoms with Crippen LogP contribution in [0.15, 0.2) is 140 Å². The number of hydrogen-bond donors (Lipinski definition) is 0. The number of thiophene rings is 1. The van der Waals surface area contributed by atoms with Crippen molar-refractivity contribution in [1.29, 1.82) is 0 Å². The third-order valence-electron chi connectivity index (χ3n) is 8.23. The normalized spacial score (nSPS) is 11.8. The van der Waals surface area contributed by atoms with Crippen LogP contribution < -0.4 is 0 Å². The number of rotatable bonds is 3. The second kappa shape index (κ2) is 9.10. The Morgan fingerprint density at radius 2 is 1.10 bits per heavy atom. The molecular formula is C38H23N3S. The molecule has 0 aliphatic heterocycles. The van der Waals surface area contributed by atoms with E-state index in [9.17, 15) is 0 Å². The highest BCUT2D eigenvalue weighted by atomic mass is 32.1. The summed E-state index contributed by atoms with van der Waals surface area (Å²) < 4.78 is 4.84. The fraction of sp³-hybridized carbons (Fsp3) is 0. The van der Waals surface area contributed by atoms with Gasteiger partial charge in [0.1, 0.15) is 0 Å². The Morgan fingerprint density at radius 3 is 1.95 bits per heavy atom. The summed E-state index contributed by atoms with van der Waals surface area (Å²) in [7, 11) is 0. The van der Waals surface area contributed by atoms with Gasteiger partial charge in [0.15, 0.2) is 0 Å². The Balaban J connectivity index is 1.32. The maximum absolute atomic E-state index is 5.30. The van der Waals surface area contributed by atoms with E-state index in [0.29, 0.717) is 5.95 Å². The van der Waals surface area contributed by atoms with Gasteiger partial charge in [-0.15, -0.1) is 11.3 Å². The molecule has 0 saturated heterocycles. The standard InChI is InChI=1S/C38H23N3S/c1-2-10-24(11-3-1)25-18-20-26(21-19-25)37-29-14-4-7-15-32(29)39-38(40-37)41-33-16-8-5-12-27(33)30-23-36-31(22-34(30)41)28-13-6-9-17-35(28)42-36/h1-23H. The van der Waals surface area contributed by atoms with Crippen molar-refractivity contribution in [3.63, 3.8) is 0 Å². The summed E-state index contributed by atoms with van der Waals surface area (Å²) in [5.74, 6) is 0.681. The maximum atomic E-state index is 5.30. The smallest absolute Gasteiger partial charge is 0.235 e. The molecule has 4 heteroatoms. The fourth-order valence-corrected chi connectivity index (χ4v) is 7.36. The lowest BCUT2D eigenvalue weighted by Gasteiger charge is -2.12. The molecule has 0 N–H and O–H groups in total. The van der Waals surface area contributed by atoms with Crippen molar-refractivity contribution in [2.45, 2.75) is 0 Å². The van der Waals surface area contributed by atoms with Crippen molar-refractivity contribution >= 4 is 64.2 Å². The zero-order valence-corrected chi connectivity index (χ0v) is 23.3. The second-order valence-electron chi connectivity index (χ2n) is 10.6. The summed E-state index contributed by atoms with van der Waals surface area (Å²) in [6.07, 6.45) is 0. The first-order valence-electron chi connectivity index (χ1n) is 14.1. The first kappa shape index (κ1) is 23.4. The molecule has 9 aromatic rings. The number of aromatic nitrogens is 3. The molecule has 0 bridgehead atoms. The average Bonchev–Trinajstić information content (AvgIpc) is 3.58. The predicted octanol–water partition coefficient (Wildman–Crippen LogP) is 10.4. The van der Waals surface area contributed by atoms with Gasteiger partial charge >= 0.3 is 0 Å². The van der Waals surface area contributed by atoms with E-state index < -0.39 is 0 Å². The predicted molar refractivity (Wildman–Crippen MR) is 178 cm³/mol. The Morgan fingerprint density at radius 1 is 0.429 bits per heavy atom. The molecule has 0 aliphatic carbocycles. The van der Waals surface area contributed by atoms with Crippen molar-refractivity contribution in [2.75, 3.05) is 0 Å². The molecule has 6 aromatic carbocycles. The van der Waals surface area contributed by atoms with Crippen LogP contribution in [0.3, 0.4) is 0 Å². The van der Waals surface area contributed by atoms with Gasteiger partial charge in [-0.1, -0.05) is 109 Å². The average molecular weight is 554 g/mol. The van der Waals surface area contributed by atoms with Crippen LogP contribution in [0.4, 0.5) is 0 Å². The zero-order chi connectivity index (χ0) is 27.6. The lowest BCUT2D eigenvalue weighted by Crippen LogP contribution is -2.03. The van der Waals surface area contributed by atoms with Gasteiger partial charge in [-0.05, 0) is 41.5 Å². The van der Waals surface area contributed by atoms with E-state index in [1.54, 1.807) is 0 Å². The molecule has 0 radical (unpaired) electrons. The van der Waals surface area contributed by atoms with Gasteiger partial charge in [0.2, 0.25) is 5.95 Å². The monoisotopic (exact) mass is 553 g/mol. The van der Waals surface area contributed by atoms with Crippen LogP contribution >= 0.6 is 11.3 Å². The van der Waals surface area contributed by atoms with Gasteiger partial charge in [0.25, 0.3) is 0 Å². The van der Waals surface area contributed by atoms with Crippen LogP contribution in [0.5, 0.6) is 0 Å². The number of para-hydroxylation sites is 2. The summed E-state index contributed by atoms with van der Waals surface area (Å²) >= 11 is 1.85. The van der Waals surface area contributed by atoms with Gasteiger partial charge in [-0.2, -0.15) is 0 Å². The molecule has 42 heavy (non-hydrogen) atoms. The topological polar surface area (TPSA) is 30.7 Å². The highest BCUT2D eigenvalue weighted by molar-refractivity contribution is 7.25. The molecule has 0 spiro atoms. The number of fused-ring (bicyclic) bond motifs is 7. The largest absolute Gasteiger partial charge is 0.278 e. The van der Waals surface area contributed by atoms with Crippen molar-refractivity contribution in [3.05, 3.63) is 140 Å². The summed E-state index contributed by atoms with van der Waals surface area (Å²) in [6, 6.07) is 49.4. The Bertz CT molecular complexity index is 2450. The second-order valence-corrected chi connectivity index (χ2v) is 11.7. The van der Waals surface area contributed by atoms with Crippen molar-refractivity contribution in [3.8, 4) is 28.3 Å². The van der Waals surface area contributed by atoms with Crippen LogP contribution in [0, 0.1) is 0 Å². The Kier molecular flexibility index (Phi) is 5.07. The number of benzene rings is 6. The molecule has 0 atom stereocenters. The zero-order valence-electron chi connectivity index (χ0n) is 22.5. The molecule has 9 rings (SSSR count). The van der Waals surface area contributed by atoms with Crippen LogP contribution in [0.25, 0.3) is 81.2 Å². The molecule has 3 aromatic heterocycles. The number of hydrogen-bond acceptors (Lipinski definition) is 3. The molecule has 0 fully saturated rings. The molecule has 196 valence electrons. The minimum atomic E-state index is 0.681. The minimum absolute atomic E-state index is 0.681. The van der Waals surface area contributed by atoms with Gasteiger partial charge in [-0.25, -0.2) is 9.97 Å². The highest BCUT2D eigenvalue weighted by Crippen LogP contribution is 2.40. The van der Waals surface area contributed by atoms with Crippen LogP contribution in [-0.2, 0) is 0 Å². The van der Waals surface area contributed by atoms with E-state index in [4.69, 9.17) is 9.97 Å². The van der Waals surface area contributed by atoms with Crippen LogP contribution in [0.1, 0.15) is 0 Å². The third kappa shape index (κ3) is 3.52. The molecule has 3 heterocycles. The molecule has 0 unspecified atom stereocenters. The van der Waals surface area contributed by atoms with E-state index in [1.807, 2.05) is 23.5 Å². The lowest BCUT2D eigenvalue weighted by molar-refractivity contribution is 1.01. The third-order valence-corrected chi connectivity index (χ3v) is 9.36. The van der Waals surface area contributed by atoms with Crippen molar-refractivity contribution in [1.82, 2.24) is 14.5 Å². The first-order chi connectivity index (χ1) is 20.8. The fourth-order valence-electron chi connectivity index (χ4n) is 6.24. The van der Waals surface area contributed by atoms with Crippen molar-refractivity contribution < 1.29 is 0 Å². The van der Waals surface area contributed by atoms with Crippen LogP contribution in [-0.4, -0.2) is 14.5 Å². The van der Waals surface area contributed by atoms with Gasteiger partial charge in [0, 0.05) is 41.9 Å². The molecule has 0 aliphatic rings. The molecule has 0 amide bonds. The maximum Gasteiger partial charge on any atom is 0.235 e. The first-order valence-corrected chi connectivity index (χ1v) is 14.9. The van der Waals surface area contributed by atoms with E-state index >= 15 is 0 Å². The van der Waals surface area contributed by atoms with Gasteiger partial charge in [-0.3, -0.25) is 4.57 Å². The van der Waals surface area contributed by atoms with E-state index in [0.717, 1.165) is 33.2 Å². The minimum Gasteiger partial charge on any atom is -0.278 e. The Labute approximate surface area is 246 Å². The van der Waals surface area contributed by atoms with E-state index in [2.05, 4.69) is 132 Å². The summed E-state index contributed by atoms with van der Waals surface area (Å²) in [5.41, 5.74) is 7.55. The molecule has 3 nitrogen and oxygen atoms in total.